The Morgan fingerprint density at radius 2 is 2.03 bits per heavy atom. The quantitative estimate of drug-likeness (QED) is 0.534. The molecule has 0 spiro atoms. The zero-order chi connectivity index (χ0) is 21.3. The lowest BCUT2D eigenvalue weighted by molar-refractivity contribution is 0.0965. The minimum absolute atomic E-state index is 0.0125. The van der Waals surface area contributed by atoms with Gasteiger partial charge in [0.15, 0.2) is 0 Å². The van der Waals surface area contributed by atoms with Crippen LogP contribution in [0.3, 0.4) is 0 Å². The first-order valence-electron chi connectivity index (χ1n) is 8.55. The number of rotatable bonds is 3. The maximum Gasteiger partial charge on any atom is 0.261 e. The average molecular weight is 504 g/mol. The van der Waals surface area contributed by atoms with Crippen LogP contribution in [0.1, 0.15) is 27.2 Å². The summed E-state index contributed by atoms with van der Waals surface area (Å²) < 4.78 is 29.0. The fraction of sp³-hybridized carbons (Fsp3) is 0.0500. The number of hydrogen-bond acceptors (Lipinski definition) is 5. The van der Waals surface area contributed by atoms with Gasteiger partial charge < -0.3 is 5.32 Å². The highest BCUT2D eigenvalue weighted by atomic mass is 79.9. The zero-order valence-corrected chi connectivity index (χ0v) is 18.3. The van der Waals surface area contributed by atoms with E-state index in [-0.39, 0.29) is 28.1 Å². The molecule has 4 rings (SSSR count). The number of halogens is 2. The molecule has 1 aliphatic rings. The summed E-state index contributed by atoms with van der Waals surface area (Å²) in [4.78, 5) is 20.0. The lowest BCUT2D eigenvalue weighted by atomic mass is 10.1. The first-order chi connectivity index (χ1) is 14.3. The summed E-state index contributed by atoms with van der Waals surface area (Å²) in [7, 11) is -3.98. The predicted octanol–water partition coefficient (Wildman–Crippen LogP) is 3.34. The summed E-state index contributed by atoms with van der Waals surface area (Å²) in [6.45, 7) is 0.175. The van der Waals surface area contributed by atoms with E-state index in [1.54, 1.807) is 12.1 Å². The molecule has 10 heteroatoms. The van der Waals surface area contributed by atoms with E-state index in [0.717, 1.165) is 0 Å². The number of aromatic nitrogens is 2. The topological polar surface area (TPSA) is 101 Å². The van der Waals surface area contributed by atoms with Crippen LogP contribution in [-0.4, -0.2) is 24.3 Å². The second kappa shape index (κ2) is 8.07. The maximum absolute atomic E-state index is 13.0. The standard InChI is InChI=1S/C20H12BrClN4O3S/c21-16-9-17(22)19(15-11-25-20(27)18(15)16)26-30(28,29)14-3-1-2-12(8-14)4-5-13-10-23-6-7-24-13/h1-3,6-10,26H,11H2,(H,25,27). The fourth-order valence-corrected chi connectivity index (χ4v) is 5.16. The Labute approximate surface area is 186 Å². The van der Waals surface area contributed by atoms with Crippen LogP contribution in [0.15, 0.2) is 58.3 Å². The number of amides is 1. The van der Waals surface area contributed by atoms with Crippen LogP contribution in [0, 0.1) is 11.8 Å². The van der Waals surface area contributed by atoms with Gasteiger partial charge >= 0.3 is 0 Å². The summed E-state index contributed by atoms with van der Waals surface area (Å²) in [6.07, 6.45) is 4.58. The lowest BCUT2D eigenvalue weighted by Crippen LogP contribution is -2.15. The molecule has 3 aromatic rings. The van der Waals surface area contributed by atoms with Crippen molar-refractivity contribution < 1.29 is 13.2 Å². The number of nitrogens with one attached hydrogen (secondary N) is 2. The van der Waals surface area contributed by atoms with Crippen molar-refractivity contribution in [3.05, 3.63) is 80.8 Å². The number of sulfonamides is 1. The molecule has 0 bridgehead atoms. The fourth-order valence-electron chi connectivity index (χ4n) is 2.89. The van der Waals surface area contributed by atoms with Gasteiger partial charge in [-0.05, 0) is 46.1 Å². The van der Waals surface area contributed by atoms with Gasteiger partial charge in [-0.2, -0.15) is 0 Å². The van der Waals surface area contributed by atoms with E-state index in [0.29, 0.717) is 26.9 Å². The summed E-state index contributed by atoms with van der Waals surface area (Å²) in [6, 6.07) is 7.67. The molecule has 0 atom stereocenters. The number of carbonyl (C=O) groups excluding carboxylic acids is 1. The highest BCUT2D eigenvalue weighted by molar-refractivity contribution is 9.10. The minimum Gasteiger partial charge on any atom is -0.348 e. The summed E-state index contributed by atoms with van der Waals surface area (Å²) in [5, 5.41) is 2.85. The van der Waals surface area contributed by atoms with E-state index in [4.69, 9.17) is 11.6 Å². The maximum atomic E-state index is 13.0. The SMILES string of the molecule is O=C1NCc2c(NS(=O)(=O)c3cccc(C#Cc4cnccn4)c3)c(Cl)cc(Br)c21. The molecule has 0 saturated heterocycles. The first-order valence-corrected chi connectivity index (χ1v) is 11.2. The number of fused-ring (bicyclic) bond motifs is 1. The second-order valence-corrected chi connectivity index (χ2v) is 9.17. The van der Waals surface area contributed by atoms with E-state index in [1.807, 2.05) is 0 Å². The zero-order valence-electron chi connectivity index (χ0n) is 15.1. The molecule has 2 aromatic carbocycles. The van der Waals surface area contributed by atoms with Crippen LogP contribution < -0.4 is 10.0 Å². The minimum atomic E-state index is -3.98. The summed E-state index contributed by atoms with van der Waals surface area (Å²) in [5.41, 5.74) is 1.98. The van der Waals surface area contributed by atoms with E-state index >= 15 is 0 Å². The third-order valence-corrected chi connectivity index (χ3v) is 6.54. The highest BCUT2D eigenvalue weighted by Crippen LogP contribution is 2.38. The smallest absolute Gasteiger partial charge is 0.261 e. The number of benzene rings is 2. The van der Waals surface area contributed by atoms with Gasteiger partial charge in [0, 0.05) is 34.5 Å². The number of nitrogens with zero attached hydrogens (tertiary/aromatic N) is 2. The first kappa shape index (κ1) is 20.3. The van der Waals surface area contributed by atoms with Crippen molar-refractivity contribution in [3.8, 4) is 11.8 Å². The number of carbonyl (C=O) groups is 1. The van der Waals surface area contributed by atoms with Gasteiger partial charge in [0.2, 0.25) is 0 Å². The molecule has 2 heterocycles. The molecule has 0 radical (unpaired) electrons. The van der Waals surface area contributed by atoms with Crippen molar-refractivity contribution in [2.75, 3.05) is 4.72 Å². The molecule has 1 amide bonds. The van der Waals surface area contributed by atoms with Crippen molar-refractivity contribution in [3.63, 3.8) is 0 Å². The van der Waals surface area contributed by atoms with Crippen molar-refractivity contribution in [1.29, 1.82) is 0 Å². The van der Waals surface area contributed by atoms with Gasteiger partial charge in [0.25, 0.3) is 15.9 Å². The molecule has 0 aliphatic carbocycles. The molecular formula is C20H12BrClN4O3S. The molecule has 7 nitrogen and oxygen atoms in total. The number of anilines is 1. The molecule has 2 N–H and O–H groups in total. The van der Waals surface area contributed by atoms with Crippen LogP contribution >= 0.6 is 27.5 Å². The Morgan fingerprint density at radius 1 is 1.20 bits per heavy atom. The average Bonchev–Trinajstić information content (AvgIpc) is 3.12. The van der Waals surface area contributed by atoms with Crippen molar-refractivity contribution in [1.82, 2.24) is 15.3 Å². The lowest BCUT2D eigenvalue weighted by Gasteiger charge is -2.14. The van der Waals surface area contributed by atoms with Crippen LogP contribution in [0.4, 0.5) is 5.69 Å². The third kappa shape index (κ3) is 4.03. The Morgan fingerprint density at radius 3 is 2.80 bits per heavy atom. The van der Waals surface area contributed by atoms with Crippen LogP contribution in [0.25, 0.3) is 0 Å². The van der Waals surface area contributed by atoms with Crippen LogP contribution in [0.2, 0.25) is 5.02 Å². The third-order valence-electron chi connectivity index (χ3n) is 4.27. The van der Waals surface area contributed by atoms with Gasteiger partial charge in [-0.15, -0.1) is 0 Å². The van der Waals surface area contributed by atoms with Gasteiger partial charge in [-0.1, -0.05) is 23.6 Å². The van der Waals surface area contributed by atoms with Crippen molar-refractivity contribution in [2.45, 2.75) is 11.4 Å². The summed E-state index contributed by atoms with van der Waals surface area (Å²) >= 11 is 9.57. The normalized spacial score (nSPS) is 12.5. The largest absolute Gasteiger partial charge is 0.348 e. The Hall–Kier alpha value is -2.93. The van der Waals surface area contributed by atoms with E-state index in [1.165, 1.54) is 36.8 Å². The molecule has 150 valence electrons. The molecule has 30 heavy (non-hydrogen) atoms. The highest BCUT2D eigenvalue weighted by Gasteiger charge is 2.29. The van der Waals surface area contributed by atoms with E-state index < -0.39 is 10.0 Å². The van der Waals surface area contributed by atoms with Crippen LogP contribution in [0.5, 0.6) is 0 Å². The molecule has 0 saturated carbocycles. The Bertz CT molecular complexity index is 1340. The van der Waals surface area contributed by atoms with Crippen LogP contribution in [-0.2, 0) is 16.6 Å². The van der Waals surface area contributed by atoms with E-state index in [9.17, 15) is 13.2 Å². The van der Waals surface area contributed by atoms with Gasteiger partial charge in [-0.25, -0.2) is 13.4 Å². The second-order valence-electron chi connectivity index (χ2n) is 6.23. The molecule has 0 unspecified atom stereocenters. The Balaban J connectivity index is 1.68. The predicted molar refractivity (Wildman–Crippen MR) is 116 cm³/mol. The molecule has 1 aliphatic heterocycles. The monoisotopic (exact) mass is 502 g/mol. The number of hydrogen-bond donors (Lipinski definition) is 2. The summed E-state index contributed by atoms with van der Waals surface area (Å²) in [5.74, 6) is 5.41. The van der Waals surface area contributed by atoms with Crippen molar-refractivity contribution in [2.24, 2.45) is 0 Å². The van der Waals surface area contributed by atoms with E-state index in [2.05, 4.69) is 47.8 Å². The molecule has 1 aromatic heterocycles. The van der Waals surface area contributed by atoms with Gasteiger partial charge in [0.1, 0.15) is 5.69 Å². The van der Waals surface area contributed by atoms with Crippen molar-refractivity contribution >= 4 is 49.1 Å². The molecule has 0 fully saturated rings. The van der Waals surface area contributed by atoms with Gasteiger partial charge in [-0.3, -0.25) is 14.5 Å². The Kier molecular flexibility index (Phi) is 5.47. The van der Waals surface area contributed by atoms with Gasteiger partial charge in [0.05, 0.1) is 27.4 Å². The molecular weight excluding hydrogens is 492 g/mol.